The van der Waals surface area contributed by atoms with Gasteiger partial charge in [-0.1, -0.05) is 23.2 Å². The maximum atomic E-state index is 12.3. The first-order valence-corrected chi connectivity index (χ1v) is 11.8. The van der Waals surface area contributed by atoms with E-state index in [-0.39, 0.29) is 5.11 Å². The molecule has 0 fully saturated rings. The lowest BCUT2D eigenvalue weighted by Gasteiger charge is -2.09. The van der Waals surface area contributed by atoms with Crippen molar-refractivity contribution < 1.29 is 13.6 Å². The van der Waals surface area contributed by atoms with Crippen LogP contribution in [-0.4, -0.2) is 21.0 Å². The van der Waals surface area contributed by atoms with Crippen molar-refractivity contribution in [3.63, 3.8) is 0 Å². The number of hydrogen-bond acceptors (Lipinski definition) is 6. The standard InChI is InChI=1S/C26H16Cl2N4O3S/c27-16-5-3-15(4-6-16)21-11-8-18(34-21)9-12-23(33)31-26(36)30-17-7-10-20(28)19(14-17)25-32-24-22(35-25)2-1-13-29-24/h1-14H,(H2,30,31,33,36). The van der Waals surface area contributed by atoms with Crippen LogP contribution in [-0.2, 0) is 4.79 Å². The Morgan fingerprint density at radius 2 is 1.83 bits per heavy atom. The van der Waals surface area contributed by atoms with Crippen molar-refractivity contribution in [1.82, 2.24) is 15.3 Å². The average Bonchev–Trinajstić information content (AvgIpc) is 3.51. The van der Waals surface area contributed by atoms with E-state index in [1.807, 2.05) is 18.2 Å². The minimum atomic E-state index is -0.420. The number of halogens is 2. The Bertz CT molecular complexity index is 1580. The Morgan fingerprint density at radius 1 is 1.00 bits per heavy atom. The van der Waals surface area contributed by atoms with Crippen molar-refractivity contribution in [1.29, 1.82) is 0 Å². The van der Waals surface area contributed by atoms with Crippen LogP contribution in [0.25, 0.3) is 40.1 Å². The van der Waals surface area contributed by atoms with Crippen molar-refractivity contribution in [2.45, 2.75) is 0 Å². The number of furan rings is 1. The fraction of sp³-hybridized carbons (Fsp3) is 0. The largest absolute Gasteiger partial charge is 0.457 e. The third kappa shape index (κ3) is 5.46. The molecule has 0 saturated carbocycles. The number of carbonyl (C=O) groups is 1. The molecule has 0 aliphatic rings. The van der Waals surface area contributed by atoms with Crippen molar-refractivity contribution in [3.05, 3.63) is 94.8 Å². The molecular formula is C26H16Cl2N4O3S. The summed E-state index contributed by atoms with van der Waals surface area (Å²) < 4.78 is 11.5. The molecule has 5 aromatic rings. The van der Waals surface area contributed by atoms with E-state index in [4.69, 9.17) is 44.3 Å². The van der Waals surface area contributed by atoms with E-state index in [0.717, 1.165) is 5.56 Å². The summed E-state index contributed by atoms with van der Waals surface area (Å²) in [5.41, 5.74) is 3.06. The van der Waals surface area contributed by atoms with Gasteiger partial charge < -0.3 is 14.2 Å². The Morgan fingerprint density at radius 3 is 2.64 bits per heavy atom. The minimum absolute atomic E-state index is 0.110. The predicted molar refractivity (Wildman–Crippen MR) is 145 cm³/mol. The highest BCUT2D eigenvalue weighted by Gasteiger charge is 2.14. The van der Waals surface area contributed by atoms with Gasteiger partial charge >= 0.3 is 0 Å². The summed E-state index contributed by atoms with van der Waals surface area (Å²) in [5, 5.41) is 6.75. The Hall–Kier alpha value is -3.98. The molecule has 0 aliphatic heterocycles. The predicted octanol–water partition coefficient (Wildman–Crippen LogP) is 6.98. The fourth-order valence-corrected chi connectivity index (χ4v) is 3.88. The highest BCUT2D eigenvalue weighted by Crippen LogP contribution is 2.32. The van der Waals surface area contributed by atoms with E-state index < -0.39 is 5.91 Å². The van der Waals surface area contributed by atoms with Crippen LogP contribution in [0.1, 0.15) is 5.76 Å². The van der Waals surface area contributed by atoms with E-state index in [2.05, 4.69) is 20.6 Å². The molecule has 0 unspecified atom stereocenters. The molecular weight excluding hydrogens is 519 g/mol. The molecule has 36 heavy (non-hydrogen) atoms. The molecule has 7 nitrogen and oxygen atoms in total. The molecule has 10 heteroatoms. The van der Waals surface area contributed by atoms with Crippen LogP contribution in [0.5, 0.6) is 0 Å². The number of amides is 1. The Kier molecular flexibility index (Phi) is 6.81. The maximum Gasteiger partial charge on any atom is 0.250 e. The molecule has 0 saturated heterocycles. The minimum Gasteiger partial charge on any atom is -0.457 e. The monoisotopic (exact) mass is 534 g/mol. The molecule has 3 heterocycles. The first kappa shape index (κ1) is 23.7. The second-order valence-corrected chi connectivity index (χ2v) is 8.78. The van der Waals surface area contributed by atoms with Crippen LogP contribution < -0.4 is 10.6 Å². The van der Waals surface area contributed by atoms with Gasteiger partial charge in [-0.3, -0.25) is 10.1 Å². The normalized spacial score (nSPS) is 11.2. The molecule has 0 radical (unpaired) electrons. The summed E-state index contributed by atoms with van der Waals surface area (Å²) in [4.78, 5) is 20.9. The smallest absolute Gasteiger partial charge is 0.250 e. The fourth-order valence-electron chi connectivity index (χ4n) is 3.34. The molecule has 2 N–H and O–H groups in total. The van der Waals surface area contributed by atoms with Gasteiger partial charge in [-0.05, 0) is 85.0 Å². The van der Waals surface area contributed by atoms with Crippen LogP contribution in [0.4, 0.5) is 5.69 Å². The summed E-state index contributed by atoms with van der Waals surface area (Å²) in [6.07, 6.45) is 4.52. The first-order chi connectivity index (χ1) is 17.4. The average molecular weight is 535 g/mol. The number of benzene rings is 2. The van der Waals surface area contributed by atoms with Gasteiger partial charge in [0.15, 0.2) is 16.3 Å². The number of hydrogen-bond donors (Lipinski definition) is 2. The van der Waals surface area contributed by atoms with E-state index in [9.17, 15) is 4.79 Å². The van der Waals surface area contributed by atoms with E-state index in [1.54, 1.807) is 60.8 Å². The summed E-state index contributed by atoms with van der Waals surface area (Å²) in [6.45, 7) is 0. The number of oxazole rings is 1. The number of nitrogens with zero attached hydrogens (tertiary/aromatic N) is 2. The number of carbonyl (C=O) groups excluding carboxylic acids is 1. The zero-order valence-corrected chi connectivity index (χ0v) is 20.7. The maximum absolute atomic E-state index is 12.3. The van der Waals surface area contributed by atoms with Gasteiger partial charge in [0, 0.05) is 28.5 Å². The molecule has 5 rings (SSSR count). The summed E-state index contributed by atoms with van der Waals surface area (Å²) in [7, 11) is 0. The third-order valence-electron chi connectivity index (χ3n) is 5.01. The number of thiocarbonyl (C=S) groups is 1. The lowest BCUT2D eigenvalue weighted by Crippen LogP contribution is -2.32. The van der Waals surface area contributed by atoms with Crippen molar-refractivity contribution in [2.24, 2.45) is 0 Å². The molecule has 0 spiro atoms. The number of rotatable bonds is 5. The van der Waals surface area contributed by atoms with Crippen molar-refractivity contribution in [3.8, 4) is 22.8 Å². The molecule has 1 amide bonds. The molecule has 0 aliphatic carbocycles. The van der Waals surface area contributed by atoms with Gasteiger partial charge in [-0.25, -0.2) is 4.98 Å². The number of pyridine rings is 1. The third-order valence-corrected chi connectivity index (χ3v) is 5.80. The van der Waals surface area contributed by atoms with Crippen molar-refractivity contribution >= 4 is 69.4 Å². The number of nitrogens with one attached hydrogen (secondary N) is 2. The molecule has 3 aromatic heterocycles. The second kappa shape index (κ2) is 10.3. The highest BCUT2D eigenvalue weighted by atomic mass is 35.5. The van der Waals surface area contributed by atoms with Crippen LogP contribution in [0.3, 0.4) is 0 Å². The molecule has 0 atom stereocenters. The van der Waals surface area contributed by atoms with E-state index in [1.165, 1.54) is 6.08 Å². The lowest BCUT2D eigenvalue weighted by atomic mass is 10.2. The van der Waals surface area contributed by atoms with Gasteiger partial charge in [0.1, 0.15) is 11.5 Å². The zero-order chi connectivity index (χ0) is 25.1. The highest BCUT2D eigenvalue weighted by molar-refractivity contribution is 7.80. The number of aromatic nitrogens is 2. The number of fused-ring (bicyclic) bond motifs is 1. The second-order valence-electron chi connectivity index (χ2n) is 7.52. The van der Waals surface area contributed by atoms with Crippen molar-refractivity contribution in [2.75, 3.05) is 5.32 Å². The van der Waals surface area contributed by atoms with Gasteiger partial charge in [-0.2, -0.15) is 4.98 Å². The zero-order valence-electron chi connectivity index (χ0n) is 18.4. The lowest BCUT2D eigenvalue weighted by molar-refractivity contribution is -0.115. The van der Waals surface area contributed by atoms with Crippen LogP contribution in [0, 0.1) is 0 Å². The van der Waals surface area contributed by atoms with Gasteiger partial charge in [-0.15, -0.1) is 0 Å². The Labute approximate surface area is 220 Å². The van der Waals surface area contributed by atoms with Gasteiger partial charge in [0.25, 0.3) is 0 Å². The van der Waals surface area contributed by atoms with Crippen LogP contribution in [0.2, 0.25) is 10.0 Å². The SMILES string of the molecule is O=C(C=Cc1ccc(-c2ccc(Cl)cc2)o1)NC(=S)Nc1ccc(Cl)c(-c2nc3ncccc3o2)c1. The summed E-state index contributed by atoms with van der Waals surface area (Å²) in [6, 6.07) is 19.5. The molecule has 178 valence electrons. The van der Waals surface area contributed by atoms with E-state index >= 15 is 0 Å². The quantitative estimate of drug-likeness (QED) is 0.185. The summed E-state index contributed by atoms with van der Waals surface area (Å²) in [5.74, 6) is 1.09. The molecule has 0 bridgehead atoms. The summed E-state index contributed by atoms with van der Waals surface area (Å²) >= 11 is 17.5. The topological polar surface area (TPSA) is 93.2 Å². The van der Waals surface area contributed by atoms with Crippen LogP contribution >= 0.6 is 35.4 Å². The van der Waals surface area contributed by atoms with Gasteiger partial charge in [0.05, 0.1) is 10.6 Å². The van der Waals surface area contributed by atoms with Crippen LogP contribution in [0.15, 0.2) is 87.8 Å². The van der Waals surface area contributed by atoms with E-state index in [0.29, 0.717) is 49.9 Å². The Balaban J connectivity index is 1.22. The number of anilines is 1. The molecule has 2 aromatic carbocycles. The van der Waals surface area contributed by atoms with Gasteiger partial charge in [0.2, 0.25) is 11.8 Å². The first-order valence-electron chi connectivity index (χ1n) is 10.6.